The van der Waals surface area contributed by atoms with Crippen molar-refractivity contribution in [2.24, 2.45) is 5.73 Å². The molecule has 3 N–H and O–H groups in total. The average molecular weight is 371 g/mol. The zero-order valence-electron chi connectivity index (χ0n) is 14.9. The van der Waals surface area contributed by atoms with E-state index in [0.717, 1.165) is 5.56 Å². The van der Waals surface area contributed by atoms with Gasteiger partial charge in [-0.2, -0.15) is 0 Å². The van der Waals surface area contributed by atoms with Crippen LogP contribution in [0.25, 0.3) is 0 Å². The lowest BCUT2D eigenvalue weighted by Crippen LogP contribution is -2.20. The smallest absolute Gasteiger partial charge is 0.262 e. The van der Waals surface area contributed by atoms with Gasteiger partial charge in [-0.15, -0.1) is 0 Å². The van der Waals surface area contributed by atoms with E-state index in [1.165, 1.54) is 6.07 Å². The van der Waals surface area contributed by atoms with E-state index < -0.39 is 5.91 Å². The fourth-order valence-corrected chi connectivity index (χ4v) is 2.33. The summed E-state index contributed by atoms with van der Waals surface area (Å²) in [7, 11) is 0. The van der Waals surface area contributed by atoms with E-state index >= 15 is 0 Å². The summed E-state index contributed by atoms with van der Waals surface area (Å²) >= 11 is 0. The second kappa shape index (κ2) is 9.01. The zero-order chi connectivity index (χ0) is 19.8. The van der Waals surface area contributed by atoms with Gasteiger partial charge in [0.2, 0.25) is 5.91 Å². The van der Waals surface area contributed by atoms with E-state index in [9.17, 15) is 9.59 Å². The molecule has 138 valence electrons. The number of nitrogens with one attached hydrogen (secondary N) is 1. The molecular formula is C22H17N3O3. The van der Waals surface area contributed by atoms with Gasteiger partial charge in [-0.1, -0.05) is 24.1 Å². The maximum Gasteiger partial charge on any atom is 0.262 e. The first-order chi connectivity index (χ1) is 13.6. The van der Waals surface area contributed by atoms with Gasteiger partial charge in [0, 0.05) is 23.0 Å². The maximum absolute atomic E-state index is 12.1. The Morgan fingerprint density at radius 3 is 2.64 bits per heavy atom. The highest BCUT2D eigenvalue weighted by atomic mass is 16.5. The minimum atomic E-state index is -0.557. The number of rotatable bonds is 5. The van der Waals surface area contributed by atoms with Gasteiger partial charge in [0.05, 0.1) is 0 Å². The lowest BCUT2D eigenvalue weighted by atomic mass is 10.2. The van der Waals surface area contributed by atoms with Crippen LogP contribution >= 0.6 is 0 Å². The average Bonchev–Trinajstić information content (AvgIpc) is 2.72. The van der Waals surface area contributed by atoms with Crippen LogP contribution in [0.15, 0.2) is 72.9 Å². The summed E-state index contributed by atoms with van der Waals surface area (Å²) in [5.74, 6) is 5.48. The highest BCUT2D eigenvalue weighted by molar-refractivity contribution is 5.93. The van der Waals surface area contributed by atoms with Crippen molar-refractivity contribution < 1.29 is 14.3 Å². The number of anilines is 1. The van der Waals surface area contributed by atoms with Crippen molar-refractivity contribution in [2.75, 3.05) is 11.9 Å². The van der Waals surface area contributed by atoms with Crippen molar-refractivity contribution in [3.05, 3.63) is 89.7 Å². The standard InChI is InChI=1S/C22H17N3O3/c23-22(27)17-6-4-9-20(14-17)28-15-21(26)25-19-8-3-5-16(13-19)10-11-18-7-1-2-12-24-18/h1-9,12-14H,15H2,(H2,23,27)(H,25,26). The number of carbonyl (C=O) groups is 2. The van der Waals surface area contributed by atoms with E-state index in [-0.39, 0.29) is 12.5 Å². The van der Waals surface area contributed by atoms with Crippen LogP contribution < -0.4 is 15.8 Å². The Morgan fingerprint density at radius 2 is 1.86 bits per heavy atom. The van der Waals surface area contributed by atoms with Crippen LogP contribution in [0.3, 0.4) is 0 Å². The predicted octanol–water partition coefficient (Wildman–Crippen LogP) is 2.60. The first-order valence-corrected chi connectivity index (χ1v) is 8.46. The zero-order valence-corrected chi connectivity index (χ0v) is 14.9. The van der Waals surface area contributed by atoms with Gasteiger partial charge in [0.25, 0.3) is 5.91 Å². The second-order valence-corrected chi connectivity index (χ2v) is 5.77. The van der Waals surface area contributed by atoms with E-state index in [2.05, 4.69) is 22.1 Å². The number of nitrogens with two attached hydrogens (primary N) is 1. The number of pyridine rings is 1. The third-order valence-electron chi connectivity index (χ3n) is 3.63. The van der Waals surface area contributed by atoms with Gasteiger partial charge in [-0.25, -0.2) is 4.98 Å². The van der Waals surface area contributed by atoms with Crippen molar-refractivity contribution in [2.45, 2.75) is 0 Å². The van der Waals surface area contributed by atoms with Gasteiger partial charge < -0.3 is 15.8 Å². The second-order valence-electron chi connectivity index (χ2n) is 5.77. The van der Waals surface area contributed by atoms with E-state index in [1.807, 2.05) is 24.3 Å². The van der Waals surface area contributed by atoms with Crippen molar-refractivity contribution in [3.63, 3.8) is 0 Å². The van der Waals surface area contributed by atoms with Gasteiger partial charge in [-0.3, -0.25) is 9.59 Å². The third-order valence-corrected chi connectivity index (χ3v) is 3.63. The number of nitrogens with zero attached hydrogens (tertiary/aromatic N) is 1. The van der Waals surface area contributed by atoms with Crippen LogP contribution in [0, 0.1) is 11.8 Å². The van der Waals surface area contributed by atoms with Gasteiger partial charge in [-0.05, 0) is 54.5 Å². The topological polar surface area (TPSA) is 94.3 Å². The Kier molecular flexibility index (Phi) is 6.01. The normalized spacial score (nSPS) is 9.71. The number of carbonyl (C=O) groups excluding carboxylic acids is 2. The Bertz CT molecular complexity index is 1050. The summed E-state index contributed by atoms with van der Waals surface area (Å²) in [4.78, 5) is 27.4. The highest BCUT2D eigenvalue weighted by Gasteiger charge is 2.06. The fourth-order valence-electron chi connectivity index (χ4n) is 2.33. The minimum absolute atomic E-state index is 0.202. The monoisotopic (exact) mass is 371 g/mol. The molecule has 0 saturated heterocycles. The molecular weight excluding hydrogens is 354 g/mol. The molecule has 28 heavy (non-hydrogen) atoms. The Hall–Kier alpha value is -4.11. The van der Waals surface area contributed by atoms with Gasteiger partial charge in [0.15, 0.2) is 6.61 Å². The molecule has 0 unspecified atom stereocenters. The Morgan fingerprint density at radius 1 is 1.00 bits per heavy atom. The third kappa shape index (κ3) is 5.44. The fraction of sp³-hybridized carbons (Fsp3) is 0.0455. The number of amides is 2. The van der Waals surface area contributed by atoms with Crippen molar-refractivity contribution in [3.8, 4) is 17.6 Å². The minimum Gasteiger partial charge on any atom is -0.484 e. The maximum atomic E-state index is 12.1. The molecule has 0 spiro atoms. The molecule has 1 heterocycles. The molecule has 2 aromatic carbocycles. The molecule has 3 rings (SSSR count). The molecule has 0 atom stereocenters. The lowest BCUT2D eigenvalue weighted by molar-refractivity contribution is -0.118. The number of hydrogen-bond acceptors (Lipinski definition) is 4. The van der Waals surface area contributed by atoms with E-state index in [1.54, 1.807) is 42.6 Å². The quantitative estimate of drug-likeness (QED) is 0.674. The number of ether oxygens (including phenoxy) is 1. The van der Waals surface area contributed by atoms with Crippen LogP contribution in [0.1, 0.15) is 21.6 Å². The molecule has 1 aromatic heterocycles. The van der Waals surface area contributed by atoms with Gasteiger partial charge >= 0.3 is 0 Å². The summed E-state index contributed by atoms with van der Waals surface area (Å²) in [6, 6.07) is 19.0. The summed E-state index contributed by atoms with van der Waals surface area (Å²) in [6.45, 7) is -0.202. The first kappa shape index (κ1) is 18.7. The lowest BCUT2D eigenvalue weighted by Gasteiger charge is -2.08. The molecule has 0 aliphatic carbocycles. The van der Waals surface area contributed by atoms with Crippen molar-refractivity contribution >= 4 is 17.5 Å². The predicted molar refractivity (Wildman–Crippen MR) is 106 cm³/mol. The molecule has 0 aliphatic rings. The van der Waals surface area contributed by atoms with Crippen LogP contribution in [-0.4, -0.2) is 23.4 Å². The summed E-state index contributed by atoms with van der Waals surface area (Å²) in [5, 5.41) is 2.75. The molecule has 0 radical (unpaired) electrons. The summed E-state index contributed by atoms with van der Waals surface area (Å²) in [6.07, 6.45) is 1.68. The Balaban J connectivity index is 1.59. The first-order valence-electron chi connectivity index (χ1n) is 8.46. The van der Waals surface area contributed by atoms with Crippen LogP contribution in [0.5, 0.6) is 5.75 Å². The molecule has 3 aromatic rings. The molecule has 0 aliphatic heterocycles. The molecule has 0 fully saturated rings. The number of aromatic nitrogens is 1. The SMILES string of the molecule is NC(=O)c1cccc(OCC(=O)Nc2cccc(C#Cc3ccccn3)c2)c1. The van der Waals surface area contributed by atoms with Crippen LogP contribution in [0.4, 0.5) is 5.69 Å². The Labute approximate surface area is 162 Å². The molecule has 0 saturated carbocycles. The van der Waals surface area contributed by atoms with E-state index in [0.29, 0.717) is 22.7 Å². The number of benzene rings is 2. The number of hydrogen-bond donors (Lipinski definition) is 2. The van der Waals surface area contributed by atoms with Gasteiger partial charge in [0.1, 0.15) is 11.4 Å². The van der Waals surface area contributed by atoms with Crippen molar-refractivity contribution in [1.29, 1.82) is 0 Å². The highest BCUT2D eigenvalue weighted by Crippen LogP contribution is 2.14. The van der Waals surface area contributed by atoms with Crippen LogP contribution in [0.2, 0.25) is 0 Å². The number of primary amides is 1. The van der Waals surface area contributed by atoms with Crippen molar-refractivity contribution in [1.82, 2.24) is 4.98 Å². The summed E-state index contributed by atoms with van der Waals surface area (Å²) < 4.78 is 5.41. The molecule has 6 nitrogen and oxygen atoms in total. The van der Waals surface area contributed by atoms with E-state index in [4.69, 9.17) is 10.5 Å². The molecule has 0 bridgehead atoms. The molecule has 6 heteroatoms. The van der Waals surface area contributed by atoms with Crippen LogP contribution in [-0.2, 0) is 4.79 Å². The molecule has 2 amide bonds. The largest absolute Gasteiger partial charge is 0.484 e. The summed E-state index contributed by atoms with van der Waals surface area (Å²) in [5.41, 5.74) is 7.57.